The van der Waals surface area contributed by atoms with Crippen LogP contribution < -0.4 is 15.5 Å². The Kier molecular flexibility index (Phi) is 7.97. The van der Waals surface area contributed by atoms with Crippen molar-refractivity contribution >= 4 is 55.6 Å². The Bertz CT molecular complexity index is 1120. The highest BCUT2D eigenvalue weighted by molar-refractivity contribution is 9.11. The average Bonchev–Trinajstić information content (AvgIpc) is 2.75. The van der Waals surface area contributed by atoms with E-state index in [1.54, 1.807) is 36.4 Å². The molecular formula is C23H19Br2N3O3. The van der Waals surface area contributed by atoms with Crippen molar-refractivity contribution in [1.29, 1.82) is 0 Å². The van der Waals surface area contributed by atoms with E-state index in [0.717, 1.165) is 15.7 Å². The van der Waals surface area contributed by atoms with Crippen molar-refractivity contribution in [2.75, 3.05) is 11.9 Å². The van der Waals surface area contributed by atoms with Crippen LogP contribution >= 0.6 is 31.9 Å². The summed E-state index contributed by atoms with van der Waals surface area (Å²) in [5, 5.41) is 7.03. The van der Waals surface area contributed by atoms with Crippen LogP contribution in [0, 0.1) is 6.92 Å². The number of rotatable bonds is 7. The fourth-order valence-corrected chi connectivity index (χ4v) is 4.00. The van der Waals surface area contributed by atoms with E-state index in [1.165, 1.54) is 6.21 Å². The number of halogens is 2. The van der Waals surface area contributed by atoms with Gasteiger partial charge in [-0.05, 0) is 64.8 Å². The molecule has 3 rings (SSSR count). The van der Waals surface area contributed by atoms with E-state index in [-0.39, 0.29) is 12.5 Å². The van der Waals surface area contributed by atoms with Gasteiger partial charge in [0, 0.05) is 15.7 Å². The number of benzene rings is 3. The lowest BCUT2D eigenvalue weighted by molar-refractivity contribution is -0.119. The van der Waals surface area contributed by atoms with E-state index >= 15 is 0 Å². The Morgan fingerprint density at radius 1 is 1.03 bits per heavy atom. The SMILES string of the molecule is Cc1cccc(NCC(=O)N/N=C\c2cc(Br)cc(Br)c2OC(=O)c2ccccc2)c1. The Hall–Kier alpha value is -2.97. The van der Waals surface area contributed by atoms with Crippen molar-refractivity contribution in [3.8, 4) is 5.75 Å². The van der Waals surface area contributed by atoms with E-state index < -0.39 is 5.97 Å². The van der Waals surface area contributed by atoms with Crippen molar-refractivity contribution in [1.82, 2.24) is 5.43 Å². The van der Waals surface area contributed by atoms with Crippen molar-refractivity contribution in [3.05, 3.63) is 92.4 Å². The molecule has 0 atom stereocenters. The number of anilines is 1. The number of esters is 1. The molecule has 3 aromatic rings. The van der Waals surface area contributed by atoms with Gasteiger partial charge in [-0.3, -0.25) is 4.79 Å². The fraction of sp³-hybridized carbons (Fsp3) is 0.0870. The van der Waals surface area contributed by atoms with Crippen LogP contribution in [0.2, 0.25) is 0 Å². The lowest BCUT2D eigenvalue weighted by Crippen LogP contribution is -2.25. The molecule has 158 valence electrons. The maximum absolute atomic E-state index is 12.5. The maximum Gasteiger partial charge on any atom is 0.343 e. The molecule has 0 aromatic heterocycles. The van der Waals surface area contributed by atoms with Gasteiger partial charge in [0.05, 0.1) is 22.8 Å². The highest BCUT2D eigenvalue weighted by atomic mass is 79.9. The van der Waals surface area contributed by atoms with E-state index in [9.17, 15) is 9.59 Å². The summed E-state index contributed by atoms with van der Waals surface area (Å²) in [5.41, 5.74) is 5.35. The Labute approximate surface area is 197 Å². The first-order valence-electron chi connectivity index (χ1n) is 9.31. The predicted octanol–water partition coefficient (Wildman–Crippen LogP) is 5.30. The molecule has 0 fully saturated rings. The molecule has 0 radical (unpaired) electrons. The standard InChI is InChI=1S/C23H19Br2N3O3/c1-15-6-5-9-19(10-15)26-14-21(29)28-27-13-17-11-18(24)12-20(25)22(17)31-23(30)16-7-3-2-4-8-16/h2-13,26H,14H2,1H3,(H,28,29)/b27-13-. The summed E-state index contributed by atoms with van der Waals surface area (Å²) in [7, 11) is 0. The first kappa shape index (κ1) is 22.7. The van der Waals surface area contributed by atoms with Crippen molar-refractivity contribution in [2.45, 2.75) is 6.92 Å². The summed E-state index contributed by atoms with van der Waals surface area (Å²) in [6.07, 6.45) is 1.42. The minimum Gasteiger partial charge on any atom is -0.421 e. The monoisotopic (exact) mass is 543 g/mol. The fourth-order valence-electron chi connectivity index (χ4n) is 2.66. The van der Waals surface area contributed by atoms with Crippen LogP contribution in [0.25, 0.3) is 0 Å². The molecule has 6 nitrogen and oxygen atoms in total. The van der Waals surface area contributed by atoms with Gasteiger partial charge in [0.2, 0.25) is 0 Å². The molecule has 2 N–H and O–H groups in total. The van der Waals surface area contributed by atoms with Crippen LogP contribution in [0.1, 0.15) is 21.5 Å². The van der Waals surface area contributed by atoms with E-state index in [1.807, 2.05) is 37.3 Å². The van der Waals surface area contributed by atoms with Crippen molar-refractivity contribution < 1.29 is 14.3 Å². The number of nitrogens with one attached hydrogen (secondary N) is 2. The highest BCUT2D eigenvalue weighted by Gasteiger charge is 2.15. The molecule has 1 amide bonds. The van der Waals surface area contributed by atoms with Crippen LogP contribution in [0.5, 0.6) is 5.75 Å². The van der Waals surface area contributed by atoms with Gasteiger partial charge in [-0.2, -0.15) is 5.10 Å². The summed E-state index contributed by atoms with van der Waals surface area (Å²) < 4.78 is 6.90. The quantitative estimate of drug-likeness (QED) is 0.183. The number of hydrogen-bond acceptors (Lipinski definition) is 5. The zero-order chi connectivity index (χ0) is 22.2. The lowest BCUT2D eigenvalue weighted by atomic mass is 10.2. The molecule has 8 heteroatoms. The lowest BCUT2D eigenvalue weighted by Gasteiger charge is -2.10. The third-order valence-corrected chi connectivity index (χ3v) is 5.15. The third kappa shape index (κ3) is 6.77. The molecule has 0 unspecified atom stereocenters. The van der Waals surface area contributed by atoms with Crippen molar-refractivity contribution in [2.24, 2.45) is 5.10 Å². The molecule has 0 saturated carbocycles. The van der Waals surface area contributed by atoms with Crippen LogP contribution in [0.15, 0.2) is 80.8 Å². The molecule has 31 heavy (non-hydrogen) atoms. The topological polar surface area (TPSA) is 79.8 Å². The van der Waals surface area contributed by atoms with Gasteiger partial charge in [0.15, 0.2) is 5.75 Å². The molecule has 3 aromatic carbocycles. The number of hydrogen-bond donors (Lipinski definition) is 2. The normalized spacial score (nSPS) is 10.7. The molecule has 0 heterocycles. The molecule has 0 bridgehead atoms. The van der Waals surface area contributed by atoms with Gasteiger partial charge in [0.25, 0.3) is 5.91 Å². The summed E-state index contributed by atoms with van der Waals surface area (Å²) in [6.45, 7) is 2.05. The second-order valence-corrected chi connectivity index (χ2v) is 8.35. The number of hydrazone groups is 1. The molecule has 0 aliphatic rings. The van der Waals surface area contributed by atoms with E-state index in [2.05, 4.69) is 47.7 Å². The molecule has 0 aliphatic carbocycles. The molecular weight excluding hydrogens is 526 g/mol. The maximum atomic E-state index is 12.5. The van der Waals surface area contributed by atoms with Crippen LogP contribution in [0.3, 0.4) is 0 Å². The zero-order valence-electron chi connectivity index (χ0n) is 16.6. The smallest absolute Gasteiger partial charge is 0.343 e. The van der Waals surface area contributed by atoms with Crippen molar-refractivity contribution in [3.63, 3.8) is 0 Å². The summed E-state index contributed by atoms with van der Waals surface area (Å²) in [4.78, 5) is 24.5. The Balaban J connectivity index is 1.66. The highest BCUT2D eigenvalue weighted by Crippen LogP contribution is 2.32. The summed E-state index contributed by atoms with van der Waals surface area (Å²) in [5.74, 6) is -0.507. The van der Waals surface area contributed by atoms with Gasteiger partial charge in [-0.25, -0.2) is 10.2 Å². The molecule has 0 saturated heterocycles. The Morgan fingerprint density at radius 3 is 2.55 bits per heavy atom. The third-order valence-electron chi connectivity index (χ3n) is 4.11. The number of carbonyl (C=O) groups excluding carboxylic acids is 2. The number of nitrogens with zero attached hydrogens (tertiary/aromatic N) is 1. The number of aryl methyl sites for hydroxylation is 1. The summed E-state index contributed by atoms with van der Waals surface area (Å²) >= 11 is 6.82. The van der Waals surface area contributed by atoms with Crippen LogP contribution in [0.4, 0.5) is 5.69 Å². The van der Waals surface area contributed by atoms with E-state index in [0.29, 0.717) is 21.3 Å². The summed E-state index contributed by atoms with van der Waals surface area (Å²) in [6, 6.07) is 19.9. The largest absolute Gasteiger partial charge is 0.421 e. The number of ether oxygens (including phenoxy) is 1. The van der Waals surface area contributed by atoms with Gasteiger partial charge in [0.1, 0.15) is 0 Å². The van der Waals surface area contributed by atoms with Crippen LogP contribution in [-0.2, 0) is 4.79 Å². The number of carbonyl (C=O) groups is 2. The van der Waals surface area contributed by atoms with Crippen LogP contribution in [-0.4, -0.2) is 24.6 Å². The van der Waals surface area contributed by atoms with Gasteiger partial charge < -0.3 is 10.1 Å². The first-order chi connectivity index (χ1) is 14.9. The second-order valence-electron chi connectivity index (χ2n) is 6.58. The van der Waals surface area contributed by atoms with Gasteiger partial charge in [-0.15, -0.1) is 0 Å². The predicted molar refractivity (Wildman–Crippen MR) is 129 cm³/mol. The average molecular weight is 545 g/mol. The van der Waals surface area contributed by atoms with Gasteiger partial charge >= 0.3 is 5.97 Å². The first-order valence-corrected chi connectivity index (χ1v) is 10.9. The minimum atomic E-state index is -0.496. The Morgan fingerprint density at radius 2 is 1.81 bits per heavy atom. The van der Waals surface area contributed by atoms with E-state index in [4.69, 9.17) is 4.74 Å². The van der Waals surface area contributed by atoms with Gasteiger partial charge in [-0.1, -0.05) is 46.3 Å². The second kappa shape index (κ2) is 10.9. The minimum absolute atomic E-state index is 0.0683. The number of amides is 1. The zero-order valence-corrected chi connectivity index (χ0v) is 19.7. The molecule has 0 aliphatic heterocycles. The molecule has 0 spiro atoms.